The van der Waals surface area contributed by atoms with Crippen LogP contribution in [-0.4, -0.2) is 49.3 Å². The zero-order valence-electron chi connectivity index (χ0n) is 14.5. The standard InChI is InChI=1S/C18H19N3O5/c1-24-17(22)14-11-26-12-21(16(14)18(23)25-2)15-7-4-3-6-13(15)10-20-9-5-8-19-20/h3-9H,10-12H2,1-2H3. The molecule has 8 heteroatoms. The summed E-state index contributed by atoms with van der Waals surface area (Å²) in [6.07, 6.45) is 3.54. The monoisotopic (exact) mass is 357 g/mol. The Morgan fingerprint density at radius 2 is 1.92 bits per heavy atom. The number of aromatic nitrogens is 2. The summed E-state index contributed by atoms with van der Waals surface area (Å²) < 4.78 is 17.0. The molecular weight excluding hydrogens is 338 g/mol. The molecule has 26 heavy (non-hydrogen) atoms. The summed E-state index contributed by atoms with van der Waals surface area (Å²) in [5, 5.41) is 4.21. The SMILES string of the molecule is COC(=O)C1=C(C(=O)OC)N(c2ccccc2Cn2cccn2)COC1. The van der Waals surface area contributed by atoms with Crippen LogP contribution in [0.3, 0.4) is 0 Å². The Balaban J connectivity index is 2.07. The van der Waals surface area contributed by atoms with E-state index in [0.29, 0.717) is 6.54 Å². The molecule has 2 heterocycles. The van der Waals surface area contributed by atoms with E-state index in [1.54, 1.807) is 15.8 Å². The first-order valence-electron chi connectivity index (χ1n) is 7.96. The van der Waals surface area contributed by atoms with E-state index in [-0.39, 0.29) is 24.6 Å². The summed E-state index contributed by atoms with van der Waals surface area (Å²) in [5.41, 5.74) is 1.88. The summed E-state index contributed by atoms with van der Waals surface area (Å²) in [6.45, 7) is 0.595. The lowest BCUT2D eigenvalue weighted by atomic mass is 10.1. The smallest absolute Gasteiger partial charge is 0.355 e. The van der Waals surface area contributed by atoms with Gasteiger partial charge < -0.3 is 19.1 Å². The van der Waals surface area contributed by atoms with Crippen molar-refractivity contribution >= 4 is 17.6 Å². The molecule has 1 aliphatic heterocycles. The number of hydrogen-bond donors (Lipinski definition) is 0. The van der Waals surface area contributed by atoms with Crippen LogP contribution in [0.4, 0.5) is 5.69 Å². The predicted molar refractivity (Wildman–Crippen MR) is 92.1 cm³/mol. The lowest BCUT2D eigenvalue weighted by molar-refractivity contribution is -0.140. The molecule has 0 spiro atoms. The highest BCUT2D eigenvalue weighted by Crippen LogP contribution is 2.29. The van der Waals surface area contributed by atoms with E-state index < -0.39 is 11.9 Å². The predicted octanol–water partition coefficient (Wildman–Crippen LogP) is 1.33. The van der Waals surface area contributed by atoms with Crippen molar-refractivity contribution in [2.75, 3.05) is 32.5 Å². The van der Waals surface area contributed by atoms with Crippen LogP contribution in [0.15, 0.2) is 54.0 Å². The molecule has 2 aromatic rings. The van der Waals surface area contributed by atoms with Crippen LogP contribution in [0.25, 0.3) is 0 Å². The lowest BCUT2D eigenvalue weighted by Crippen LogP contribution is -2.39. The van der Waals surface area contributed by atoms with Gasteiger partial charge in [0, 0.05) is 18.1 Å². The third-order valence-corrected chi connectivity index (χ3v) is 4.01. The number of ether oxygens (including phenoxy) is 3. The summed E-state index contributed by atoms with van der Waals surface area (Å²) in [6, 6.07) is 9.37. The van der Waals surface area contributed by atoms with Crippen molar-refractivity contribution in [2.45, 2.75) is 6.54 Å². The van der Waals surface area contributed by atoms with Crippen molar-refractivity contribution in [1.29, 1.82) is 0 Å². The number of rotatable bonds is 5. The number of para-hydroxylation sites is 1. The molecule has 0 saturated heterocycles. The van der Waals surface area contributed by atoms with Crippen molar-refractivity contribution < 1.29 is 23.8 Å². The van der Waals surface area contributed by atoms with Crippen LogP contribution >= 0.6 is 0 Å². The molecule has 0 aliphatic carbocycles. The topological polar surface area (TPSA) is 82.9 Å². The fourth-order valence-corrected chi connectivity index (χ4v) is 2.81. The molecule has 0 N–H and O–H groups in total. The van der Waals surface area contributed by atoms with Crippen LogP contribution in [0.2, 0.25) is 0 Å². The first-order chi connectivity index (χ1) is 12.7. The highest BCUT2D eigenvalue weighted by Gasteiger charge is 2.33. The molecule has 8 nitrogen and oxygen atoms in total. The quantitative estimate of drug-likeness (QED) is 0.747. The first kappa shape index (κ1) is 17.7. The zero-order chi connectivity index (χ0) is 18.5. The van der Waals surface area contributed by atoms with E-state index >= 15 is 0 Å². The van der Waals surface area contributed by atoms with E-state index in [1.165, 1.54) is 14.2 Å². The van der Waals surface area contributed by atoms with Crippen molar-refractivity contribution in [3.8, 4) is 0 Å². The number of methoxy groups -OCH3 is 2. The molecule has 0 saturated carbocycles. The molecule has 0 radical (unpaired) electrons. The molecule has 0 fully saturated rings. The summed E-state index contributed by atoms with van der Waals surface area (Å²) >= 11 is 0. The molecular formula is C18H19N3O5. The fraction of sp³-hybridized carbons (Fsp3) is 0.278. The second-order valence-electron chi connectivity index (χ2n) is 5.55. The van der Waals surface area contributed by atoms with Crippen LogP contribution < -0.4 is 4.90 Å². The van der Waals surface area contributed by atoms with Crippen LogP contribution in [0.1, 0.15) is 5.56 Å². The second kappa shape index (κ2) is 7.83. The number of nitrogens with zero attached hydrogens (tertiary/aromatic N) is 3. The molecule has 0 amide bonds. The highest BCUT2D eigenvalue weighted by molar-refractivity contribution is 6.03. The maximum Gasteiger partial charge on any atom is 0.355 e. The van der Waals surface area contributed by atoms with Gasteiger partial charge in [-0.2, -0.15) is 5.10 Å². The Morgan fingerprint density at radius 1 is 1.15 bits per heavy atom. The van der Waals surface area contributed by atoms with Crippen LogP contribution in [0, 0.1) is 0 Å². The van der Waals surface area contributed by atoms with Crippen molar-refractivity contribution in [1.82, 2.24) is 9.78 Å². The largest absolute Gasteiger partial charge is 0.466 e. The number of benzene rings is 1. The Bertz CT molecular complexity index is 829. The van der Waals surface area contributed by atoms with E-state index in [4.69, 9.17) is 14.2 Å². The highest BCUT2D eigenvalue weighted by atomic mass is 16.5. The van der Waals surface area contributed by atoms with E-state index in [9.17, 15) is 9.59 Å². The van der Waals surface area contributed by atoms with Crippen molar-refractivity contribution in [3.05, 3.63) is 59.6 Å². The van der Waals surface area contributed by atoms with Gasteiger partial charge in [-0.15, -0.1) is 0 Å². The minimum atomic E-state index is -0.625. The number of anilines is 1. The van der Waals surface area contributed by atoms with Gasteiger partial charge in [-0.3, -0.25) is 4.68 Å². The van der Waals surface area contributed by atoms with Crippen LogP contribution in [-0.2, 0) is 30.3 Å². The number of carbonyl (C=O) groups is 2. The van der Waals surface area contributed by atoms with E-state index in [2.05, 4.69) is 5.10 Å². The summed E-state index contributed by atoms with van der Waals surface area (Å²) in [5.74, 6) is -1.25. The first-order valence-corrected chi connectivity index (χ1v) is 7.96. The lowest BCUT2D eigenvalue weighted by Gasteiger charge is -2.32. The van der Waals surface area contributed by atoms with Crippen molar-refractivity contribution in [2.24, 2.45) is 0 Å². The number of esters is 2. The third-order valence-electron chi connectivity index (χ3n) is 4.01. The van der Waals surface area contributed by atoms with E-state index in [0.717, 1.165) is 11.3 Å². The van der Waals surface area contributed by atoms with Gasteiger partial charge in [0.25, 0.3) is 0 Å². The Morgan fingerprint density at radius 3 is 2.62 bits per heavy atom. The van der Waals surface area contributed by atoms with Crippen molar-refractivity contribution in [3.63, 3.8) is 0 Å². The fourth-order valence-electron chi connectivity index (χ4n) is 2.81. The Hall–Kier alpha value is -3.13. The third kappa shape index (κ3) is 3.45. The molecule has 0 atom stereocenters. The number of carbonyl (C=O) groups excluding carboxylic acids is 2. The second-order valence-corrected chi connectivity index (χ2v) is 5.55. The molecule has 0 unspecified atom stereocenters. The van der Waals surface area contributed by atoms with Gasteiger partial charge >= 0.3 is 11.9 Å². The molecule has 1 aromatic carbocycles. The van der Waals surface area contributed by atoms with Gasteiger partial charge in [-0.1, -0.05) is 18.2 Å². The van der Waals surface area contributed by atoms with Gasteiger partial charge in [-0.05, 0) is 17.7 Å². The van der Waals surface area contributed by atoms with Crippen LogP contribution in [0.5, 0.6) is 0 Å². The molecule has 136 valence electrons. The average Bonchev–Trinajstić information content (AvgIpc) is 3.19. The maximum absolute atomic E-state index is 12.4. The van der Waals surface area contributed by atoms with E-state index in [1.807, 2.05) is 36.5 Å². The minimum Gasteiger partial charge on any atom is -0.466 e. The van der Waals surface area contributed by atoms with Gasteiger partial charge in [-0.25, -0.2) is 9.59 Å². The molecule has 1 aromatic heterocycles. The molecule has 1 aliphatic rings. The van der Waals surface area contributed by atoms with Gasteiger partial charge in [0.05, 0.1) is 32.9 Å². The minimum absolute atomic E-state index is 0.0189. The summed E-state index contributed by atoms with van der Waals surface area (Å²) in [4.78, 5) is 26.1. The van der Waals surface area contributed by atoms with Gasteiger partial charge in [0.15, 0.2) is 0 Å². The normalized spacial score (nSPS) is 14.3. The Kier molecular flexibility index (Phi) is 5.33. The molecule has 3 rings (SSSR count). The average molecular weight is 357 g/mol. The summed E-state index contributed by atoms with van der Waals surface area (Å²) in [7, 11) is 2.53. The van der Waals surface area contributed by atoms with Gasteiger partial charge in [0.1, 0.15) is 12.4 Å². The maximum atomic E-state index is 12.4. The Labute approximate surface area is 150 Å². The molecule has 0 bridgehead atoms. The number of hydrogen-bond acceptors (Lipinski definition) is 7. The van der Waals surface area contributed by atoms with Gasteiger partial charge in [0.2, 0.25) is 0 Å². The zero-order valence-corrected chi connectivity index (χ0v) is 14.5.